The number of ether oxygens (including phenoxy) is 2. The molecule has 0 aromatic carbocycles. The number of hydrogen-bond acceptors (Lipinski definition) is 3. The number of hydrogen-bond donors (Lipinski definition) is 1. The first kappa shape index (κ1) is 12.9. The molecule has 0 fully saturated rings. The van der Waals surface area contributed by atoms with E-state index in [0.717, 1.165) is 19.8 Å². The Kier molecular flexibility index (Phi) is 6.29. The maximum atomic E-state index is 5.55. The lowest BCUT2D eigenvalue weighted by Crippen LogP contribution is -2.34. The quantitative estimate of drug-likeness (QED) is 0.641. The Morgan fingerprint density at radius 1 is 1.31 bits per heavy atom. The minimum Gasteiger partial charge on any atom is -0.383 e. The molecule has 0 aromatic heterocycles. The number of rotatable bonds is 6. The fourth-order valence-electron chi connectivity index (χ4n) is 0.971. The van der Waals surface area contributed by atoms with E-state index in [9.17, 15) is 0 Å². The first-order valence-electron chi connectivity index (χ1n) is 4.82. The molecule has 1 N–H and O–H groups in total. The fraction of sp³-hybridized carbons (Fsp3) is 1.00. The standard InChI is InChI=1S/C10H23NO2/c1-9(8-12-5)11-6-7-13-10(2,3)4/h9,11H,6-8H2,1-5H3. The zero-order chi connectivity index (χ0) is 10.3. The van der Waals surface area contributed by atoms with Crippen molar-refractivity contribution in [2.45, 2.75) is 39.3 Å². The summed E-state index contributed by atoms with van der Waals surface area (Å²) in [6, 6.07) is 0.397. The molecule has 80 valence electrons. The summed E-state index contributed by atoms with van der Waals surface area (Å²) in [6.07, 6.45) is 0. The molecule has 0 aliphatic carbocycles. The van der Waals surface area contributed by atoms with E-state index in [1.807, 2.05) is 0 Å². The van der Waals surface area contributed by atoms with Crippen molar-refractivity contribution in [1.82, 2.24) is 5.32 Å². The van der Waals surface area contributed by atoms with Crippen LogP contribution in [0.2, 0.25) is 0 Å². The van der Waals surface area contributed by atoms with Crippen molar-refractivity contribution in [3.05, 3.63) is 0 Å². The molecule has 0 aromatic rings. The van der Waals surface area contributed by atoms with Gasteiger partial charge in [-0.25, -0.2) is 0 Å². The maximum Gasteiger partial charge on any atom is 0.0613 e. The Labute approximate surface area is 81.8 Å². The largest absolute Gasteiger partial charge is 0.383 e. The molecule has 3 nitrogen and oxygen atoms in total. The third-order valence-electron chi connectivity index (χ3n) is 1.55. The fourth-order valence-corrected chi connectivity index (χ4v) is 0.971. The summed E-state index contributed by atoms with van der Waals surface area (Å²) < 4.78 is 10.6. The van der Waals surface area contributed by atoms with E-state index in [0.29, 0.717) is 6.04 Å². The van der Waals surface area contributed by atoms with Gasteiger partial charge < -0.3 is 14.8 Å². The van der Waals surface area contributed by atoms with E-state index in [1.54, 1.807) is 7.11 Å². The molecule has 0 bridgehead atoms. The summed E-state index contributed by atoms with van der Waals surface area (Å²) in [4.78, 5) is 0. The Balaban J connectivity index is 3.25. The van der Waals surface area contributed by atoms with Gasteiger partial charge in [-0.05, 0) is 27.7 Å². The predicted octanol–water partition coefficient (Wildman–Crippen LogP) is 1.43. The summed E-state index contributed by atoms with van der Waals surface area (Å²) >= 11 is 0. The van der Waals surface area contributed by atoms with Crippen LogP contribution < -0.4 is 5.32 Å². The van der Waals surface area contributed by atoms with E-state index < -0.39 is 0 Å². The van der Waals surface area contributed by atoms with Crippen LogP contribution in [0, 0.1) is 0 Å². The van der Waals surface area contributed by atoms with Crippen LogP contribution in [0.4, 0.5) is 0 Å². The highest BCUT2D eigenvalue weighted by Crippen LogP contribution is 2.05. The number of methoxy groups -OCH3 is 1. The minimum atomic E-state index is -0.0355. The zero-order valence-corrected chi connectivity index (χ0v) is 9.52. The molecule has 0 radical (unpaired) electrons. The average Bonchev–Trinajstić information content (AvgIpc) is 1.97. The third kappa shape index (κ3) is 9.80. The van der Waals surface area contributed by atoms with Gasteiger partial charge in [0.2, 0.25) is 0 Å². The predicted molar refractivity (Wildman–Crippen MR) is 55.0 cm³/mol. The van der Waals surface area contributed by atoms with Crippen molar-refractivity contribution in [3.63, 3.8) is 0 Å². The van der Waals surface area contributed by atoms with Crippen LogP contribution in [0.1, 0.15) is 27.7 Å². The van der Waals surface area contributed by atoms with Gasteiger partial charge in [0.15, 0.2) is 0 Å². The van der Waals surface area contributed by atoms with Gasteiger partial charge in [-0.1, -0.05) is 0 Å². The summed E-state index contributed by atoms with van der Waals surface area (Å²) in [6.45, 7) is 10.7. The van der Waals surface area contributed by atoms with Crippen LogP contribution in [0.3, 0.4) is 0 Å². The molecule has 1 atom stereocenters. The first-order valence-corrected chi connectivity index (χ1v) is 4.82. The van der Waals surface area contributed by atoms with Gasteiger partial charge in [0, 0.05) is 19.7 Å². The van der Waals surface area contributed by atoms with Crippen molar-refractivity contribution < 1.29 is 9.47 Å². The summed E-state index contributed by atoms with van der Waals surface area (Å²) in [5.41, 5.74) is -0.0355. The van der Waals surface area contributed by atoms with Crippen LogP contribution in [0.15, 0.2) is 0 Å². The maximum absolute atomic E-state index is 5.55. The Bertz CT molecular complexity index is 121. The molecule has 0 rings (SSSR count). The Morgan fingerprint density at radius 2 is 1.92 bits per heavy atom. The molecular formula is C10H23NO2. The molecule has 0 saturated carbocycles. The van der Waals surface area contributed by atoms with Gasteiger partial charge in [-0.2, -0.15) is 0 Å². The average molecular weight is 189 g/mol. The lowest BCUT2D eigenvalue weighted by molar-refractivity contribution is -0.00222. The van der Waals surface area contributed by atoms with Crippen LogP contribution in [0.25, 0.3) is 0 Å². The third-order valence-corrected chi connectivity index (χ3v) is 1.55. The topological polar surface area (TPSA) is 30.5 Å². The monoisotopic (exact) mass is 189 g/mol. The van der Waals surface area contributed by atoms with E-state index in [1.165, 1.54) is 0 Å². The minimum absolute atomic E-state index is 0.0355. The highest BCUT2D eigenvalue weighted by atomic mass is 16.5. The van der Waals surface area contributed by atoms with Gasteiger partial charge >= 0.3 is 0 Å². The molecular weight excluding hydrogens is 166 g/mol. The van der Waals surface area contributed by atoms with Gasteiger partial charge in [-0.3, -0.25) is 0 Å². The summed E-state index contributed by atoms with van der Waals surface area (Å²) in [7, 11) is 1.71. The van der Waals surface area contributed by atoms with E-state index >= 15 is 0 Å². The molecule has 0 spiro atoms. The Hall–Kier alpha value is -0.120. The van der Waals surface area contributed by atoms with Crippen LogP contribution in [-0.2, 0) is 9.47 Å². The molecule has 0 amide bonds. The van der Waals surface area contributed by atoms with Crippen molar-refractivity contribution in [3.8, 4) is 0 Å². The van der Waals surface area contributed by atoms with Gasteiger partial charge in [-0.15, -0.1) is 0 Å². The molecule has 13 heavy (non-hydrogen) atoms. The van der Waals surface area contributed by atoms with Crippen molar-refractivity contribution in [2.24, 2.45) is 0 Å². The van der Waals surface area contributed by atoms with Gasteiger partial charge in [0.05, 0.1) is 18.8 Å². The van der Waals surface area contributed by atoms with Crippen molar-refractivity contribution in [1.29, 1.82) is 0 Å². The molecule has 0 aliphatic heterocycles. The molecule has 0 heterocycles. The highest BCUT2D eigenvalue weighted by Gasteiger charge is 2.09. The molecule has 1 unspecified atom stereocenters. The van der Waals surface area contributed by atoms with Crippen LogP contribution in [-0.4, -0.2) is 38.5 Å². The lowest BCUT2D eigenvalue weighted by Gasteiger charge is -2.20. The SMILES string of the molecule is COCC(C)NCCOC(C)(C)C. The lowest BCUT2D eigenvalue weighted by atomic mass is 10.2. The van der Waals surface area contributed by atoms with E-state index in [2.05, 4.69) is 33.0 Å². The van der Waals surface area contributed by atoms with Crippen LogP contribution in [0.5, 0.6) is 0 Å². The van der Waals surface area contributed by atoms with Crippen molar-refractivity contribution >= 4 is 0 Å². The van der Waals surface area contributed by atoms with E-state index in [4.69, 9.17) is 9.47 Å². The Morgan fingerprint density at radius 3 is 2.38 bits per heavy atom. The summed E-state index contributed by atoms with van der Waals surface area (Å²) in [5.74, 6) is 0. The smallest absolute Gasteiger partial charge is 0.0613 e. The molecule has 3 heteroatoms. The van der Waals surface area contributed by atoms with Gasteiger partial charge in [0.25, 0.3) is 0 Å². The van der Waals surface area contributed by atoms with Crippen molar-refractivity contribution in [2.75, 3.05) is 26.9 Å². The van der Waals surface area contributed by atoms with Crippen LogP contribution >= 0.6 is 0 Å². The first-order chi connectivity index (χ1) is 5.95. The second-order valence-electron chi connectivity index (χ2n) is 4.27. The molecule has 0 saturated heterocycles. The number of nitrogens with one attached hydrogen (secondary N) is 1. The zero-order valence-electron chi connectivity index (χ0n) is 9.52. The normalized spacial score (nSPS) is 14.5. The van der Waals surface area contributed by atoms with E-state index in [-0.39, 0.29) is 5.60 Å². The molecule has 0 aliphatic rings. The highest BCUT2D eigenvalue weighted by molar-refractivity contribution is 4.61. The second kappa shape index (κ2) is 6.35. The summed E-state index contributed by atoms with van der Waals surface area (Å²) in [5, 5.41) is 3.31. The van der Waals surface area contributed by atoms with Gasteiger partial charge in [0.1, 0.15) is 0 Å². The second-order valence-corrected chi connectivity index (χ2v) is 4.27.